The number of ether oxygens (including phenoxy) is 1. The minimum absolute atomic E-state index is 0.0320. The zero-order chi connectivity index (χ0) is 16.3. The fourth-order valence-corrected chi connectivity index (χ4v) is 2.22. The second-order valence-corrected chi connectivity index (χ2v) is 7.01. The van der Waals surface area contributed by atoms with Gasteiger partial charge in [0.05, 0.1) is 18.4 Å². The summed E-state index contributed by atoms with van der Waals surface area (Å²) in [5, 5.41) is 3.50. The molecule has 0 saturated carbocycles. The van der Waals surface area contributed by atoms with Crippen LogP contribution in [0.5, 0.6) is 5.75 Å². The first-order valence-corrected chi connectivity index (χ1v) is 8.54. The van der Waals surface area contributed by atoms with E-state index < -0.39 is 10.1 Å². The molecule has 0 atom stereocenters. The van der Waals surface area contributed by atoms with Crippen molar-refractivity contribution in [3.8, 4) is 5.75 Å². The highest BCUT2D eigenvalue weighted by Crippen LogP contribution is 2.35. The molecule has 21 heavy (non-hydrogen) atoms. The van der Waals surface area contributed by atoms with E-state index in [9.17, 15) is 8.42 Å². The molecule has 0 aliphatic carbocycles. The molecule has 1 heterocycles. The first-order chi connectivity index (χ1) is 9.52. The highest BCUT2D eigenvalue weighted by Gasteiger charge is 2.22. The second kappa shape index (κ2) is 6.49. The Bertz CT molecular complexity index is 625. The van der Waals surface area contributed by atoms with Crippen LogP contribution >= 0.6 is 0 Å². The third kappa shape index (κ3) is 6.18. The minimum Gasteiger partial charge on any atom is -0.494 e. The van der Waals surface area contributed by atoms with Crippen molar-refractivity contribution in [3.63, 3.8) is 0 Å². The number of fused-ring (bicyclic) bond motifs is 1. The molecule has 0 amide bonds. The molecule has 1 aliphatic rings. The number of hydrogen-bond acceptors (Lipinski definition) is 4. The van der Waals surface area contributed by atoms with Gasteiger partial charge in [0.2, 0.25) is 0 Å². The minimum atomic E-state index is -3.67. The van der Waals surface area contributed by atoms with Crippen LogP contribution in [0.3, 0.4) is 0 Å². The van der Waals surface area contributed by atoms with Crippen LogP contribution < -0.4 is 10.1 Å². The van der Waals surface area contributed by atoms with Crippen LogP contribution in [-0.4, -0.2) is 31.4 Å². The molecule has 0 spiro atoms. The quantitative estimate of drug-likeness (QED) is 0.820. The molecule has 0 fully saturated rings. The van der Waals surface area contributed by atoms with Crippen molar-refractivity contribution < 1.29 is 17.7 Å². The van der Waals surface area contributed by atoms with E-state index in [1.165, 1.54) is 16.8 Å². The zero-order valence-corrected chi connectivity index (χ0v) is 13.9. The summed E-state index contributed by atoms with van der Waals surface area (Å²) in [4.78, 5) is 0. The van der Waals surface area contributed by atoms with E-state index in [2.05, 4.69) is 44.3 Å². The van der Waals surface area contributed by atoms with Gasteiger partial charge >= 0.3 is 0 Å². The van der Waals surface area contributed by atoms with Crippen LogP contribution in [0, 0.1) is 0 Å². The molecule has 118 valence electrons. The summed E-state index contributed by atoms with van der Waals surface area (Å²) < 4.78 is 31.4. The summed E-state index contributed by atoms with van der Waals surface area (Å²) in [6, 6.07) is 6.22. The van der Waals surface area contributed by atoms with E-state index in [0.29, 0.717) is 12.9 Å². The molecule has 0 bridgehead atoms. The SMILES string of the molecule is CCOc1ccc2c(c1)C(C)=CC(C)(C)N2.CS(=O)(=O)O. The Morgan fingerprint density at radius 2 is 1.90 bits per heavy atom. The van der Waals surface area contributed by atoms with Gasteiger partial charge < -0.3 is 10.1 Å². The second-order valence-electron chi connectivity index (χ2n) is 5.55. The Balaban J connectivity index is 0.000000383. The molecule has 1 aliphatic heterocycles. The van der Waals surface area contributed by atoms with Crippen molar-refractivity contribution in [3.05, 3.63) is 29.8 Å². The van der Waals surface area contributed by atoms with Gasteiger partial charge in [0.1, 0.15) is 5.75 Å². The Morgan fingerprint density at radius 3 is 2.43 bits per heavy atom. The van der Waals surface area contributed by atoms with Crippen LogP contribution in [0.15, 0.2) is 24.3 Å². The van der Waals surface area contributed by atoms with Gasteiger partial charge in [0.15, 0.2) is 0 Å². The van der Waals surface area contributed by atoms with E-state index in [0.717, 1.165) is 5.75 Å². The summed E-state index contributed by atoms with van der Waals surface area (Å²) in [6.45, 7) is 9.22. The predicted molar refractivity (Wildman–Crippen MR) is 86.4 cm³/mol. The lowest BCUT2D eigenvalue weighted by molar-refractivity contribution is 0.340. The maximum atomic E-state index is 9.19. The number of allylic oxidation sites excluding steroid dienone is 1. The van der Waals surface area contributed by atoms with Gasteiger partial charge in [0.25, 0.3) is 10.1 Å². The van der Waals surface area contributed by atoms with E-state index >= 15 is 0 Å². The van der Waals surface area contributed by atoms with Gasteiger partial charge in [-0.3, -0.25) is 4.55 Å². The van der Waals surface area contributed by atoms with Gasteiger partial charge in [0, 0.05) is 11.3 Å². The van der Waals surface area contributed by atoms with Gasteiger partial charge in [-0.2, -0.15) is 8.42 Å². The lowest BCUT2D eigenvalue weighted by atomic mass is 9.91. The molecule has 5 nitrogen and oxygen atoms in total. The van der Waals surface area contributed by atoms with Crippen LogP contribution in [0.25, 0.3) is 5.57 Å². The molecule has 0 unspecified atom stereocenters. The van der Waals surface area contributed by atoms with Crippen molar-refractivity contribution in [2.75, 3.05) is 18.2 Å². The molecule has 0 radical (unpaired) electrons. The van der Waals surface area contributed by atoms with Crippen molar-refractivity contribution in [1.82, 2.24) is 0 Å². The third-order valence-electron chi connectivity index (χ3n) is 2.76. The van der Waals surface area contributed by atoms with Gasteiger partial charge in [-0.05, 0) is 51.5 Å². The van der Waals surface area contributed by atoms with Crippen LogP contribution in [0.4, 0.5) is 5.69 Å². The van der Waals surface area contributed by atoms with E-state index in [-0.39, 0.29) is 5.54 Å². The number of nitrogens with one attached hydrogen (secondary N) is 1. The maximum Gasteiger partial charge on any atom is 0.261 e. The predicted octanol–water partition coefficient (Wildman–Crippen LogP) is 3.20. The normalized spacial score (nSPS) is 15.8. The monoisotopic (exact) mass is 313 g/mol. The third-order valence-corrected chi connectivity index (χ3v) is 2.76. The van der Waals surface area contributed by atoms with Crippen LogP contribution in [0.1, 0.15) is 33.3 Å². The number of anilines is 1. The Hall–Kier alpha value is -1.53. The van der Waals surface area contributed by atoms with Gasteiger partial charge in [-0.15, -0.1) is 0 Å². The van der Waals surface area contributed by atoms with E-state index in [1.807, 2.05) is 13.0 Å². The summed E-state index contributed by atoms with van der Waals surface area (Å²) in [5.41, 5.74) is 3.77. The van der Waals surface area contributed by atoms with Crippen molar-refractivity contribution in [2.45, 2.75) is 33.2 Å². The summed E-state index contributed by atoms with van der Waals surface area (Å²) in [6.07, 6.45) is 2.97. The lowest BCUT2D eigenvalue weighted by Crippen LogP contribution is -2.31. The first-order valence-electron chi connectivity index (χ1n) is 6.69. The number of benzene rings is 1. The fraction of sp³-hybridized carbons (Fsp3) is 0.467. The standard InChI is InChI=1S/C14H19NO.CH4O3S/c1-5-16-11-6-7-13-12(8-11)10(2)9-14(3,4)15-13;1-5(2,3)4/h6-9,15H,5H2,1-4H3;1H3,(H,2,3,4). The molecule has 1 aromatic carbocycles. The summed E-state index contributed by atoms with van der Waals surface area (Å²) in [7, 11) is -3.67. The first kappa shape index (κ1) is 17.5. The fourth-order valence-electron chi connectivity index (χ4n) is 2.22. The summed E-state index contributed by atoms with van der Waals surface area (Å²) >= 11 is 0. The van der Waals surface area contributed by atoms with Crippen molar-refractivity contribution >= 4 is 21.4 Å². The van der Waals surface area contributed by atoms with Crippen LogP contribution in [-0.2, 0) is 10.1 Å². The molecular weight excluding hydrogens is 290 g/mol. The Labute approximate surface area is 126 Å². The van der Waals surface area contributed by atoms with E-state index in [4.69, 9.17) is 9.29 Å². The Morgan fingerprint density at radius 1 is 1.33 bits per heavy atom. The Kier molecular flexibility index (Phi) is 5.42. The average molecular weight is 313 g/mol. The topological polar surface area (TPSA) is 75.6 Å². The molecule has 1 aromatic rings. The number of hydrogen-bond donors (Lipinski definition) is 2. The zero-order valence-electron chi connectivity index (χ0n) is 13.1. The smallest absolute Gasteiger partial charge is 0.261 e. The molecule has 2 rings (SSSR count). The van der Waals surface area contributed by atoms with Gasteiger partial charge in [-0.1, -0.05) is 6.08 Å². The highest BCUT2D eigenvalue weighted by atomic mass is 32.2. The average Bonchev–Trinajstić information content (AvgIpc) is 2.27. The molecule has 0 aromatic heterocycles. The summed E-state index contributed by atoms with van der Waals surface area (Å²) in [5.74, 6) is 0.940. The largest absolute Gasteiger partial charge is 0.494 e. The van der Waals surface area contributed by atoms with Crippen LogP contribution in [0.2, 0.25) is 0 Å². The molecular formula is C15H23NO4S. The van der Waals surface area contributed by atoms with Gasteiger partial charge in [-0.25, -0.2) is 0 Å². The van der Waals surface area contributed by atoms with Crippen molar-refractivity contribution in [2.24, 2.45) is 0 Å². The maximum absolute atomic E-state index is 9.19. The molecule has 2 N–H and O–H groups in total. The van der Waals surface area contributed by atoms with E-state index in [1.54, 1.807) is 0 Å². The highest BCUT2D eigenvalue weighted by molar-refractivity contribution is 7.85. The van der Waals surface area contributed by atoms with Crippen molar-refractivity contribution in [1.29, 1.82) is 0 Å². The lowest BCUT2D eigenvalue weighted by Gasteiger charge is -2.31. The molecule has 6 heteroatoms. The number of rotatable bonds is 2. The molecule has 0 saturated heterocycles.